The molecule has 0 aliphatic heterocycles. The number of hydrogen-bond acceptors (Lipinski definition) is 0. The van der Waals surface area contributed by atoms with Crippen LogP contribution in [0.2, 0.25) is 13.1 Å². The van der Waals surface area contributed by atoms with Gasteiger partial charge in [-0.05, 0) is 59.8 Å². The smallest absolute Gasteiger partial charge is 0.158 e. The number of rotatable bonds is 18. The van der Waals surface area contributed by atoms with Crippen LogP contribution in [0, 0.1) is 0 Å². The fourth-order valence-corrected chi connectivity index (χ4v) is 13.2. The zero-order valence-corrected chi connectivity index (χ0v) is 38.3. The van der Waals surface area contributed by atoms with Gasteiger partial charge < -0.3 is 0 Å². The van der Waals surface area contributed by atoms with Gasteiger partial charge in [0.15, 0.2) is 0 Å². The van der Waals surface area contributed by atoms with Crippen LogP contribution in [-0.4, -0.2) is 8.07 Å². The van der Waals surface area contributed by atoms with E-state index in [1.807, 2.05) is 0 Å². The minimum absolute atomic E-state index is 0. The van der Waals surface area contributed by atoms with Crippen molar-refractivity contribution < 1.29 is 26.2 Å². The van der Waals surface area contributed by atoms with Crippen LogP contribution in [0.5, 0.6) is 0 Å². The SMILES string of the molecule is CCCCCCc1[cH-]c2cccc(-c3ccc(C(C)CC)cc3)c2c1[Si](C)(C)c1c(CCCCCC)[cH-]c2cccc(-c3ccc(C(C)CC)cc3)c12.[Zr+2]. The second-order valence-corrected chi connectivity index (χ2v) is 21.0. The molecule has 2 atom stereocenters. The molecule has 0 amide bonds. The minimum atomic E-state index is -2.30. The summed E-state index contributed by atoms with van der Waals surface area (Å²) in [4.78, 5) is 0. The van der Waals surface area contributed by atoms with Crippen LogP contribution >= 0.6 is 0 Å². The molecule has 0 spiro atoms. The van der Waals surface area contributed by atoms with Gasteiger partial charge in [0.2, 0.25) is 0 Å². The molecule has 54 heavy (non-hydrogen) atoms. The Balaban J connectivity index is 0.00000561. The van der Waals surface area contributed by atoms with Crippen molar-refractivity contribution in [3.05, 3.63) is 119 Å². The van der Waals surface area contributed by atoms with Crippen molar-refractivity contribution in [1.29, 1.82) is 0 Å². The third-order valence-electron chi connectivity index (χ3n) is 12.7. The van der Waals surface area contributed by atoms with Gasteiger partial charge in [0.1, 0.15) is 0 Å². The monoisotopic (exact) mass is 808 g/mol. The van der Waals surface area contributed by atoms with Gasteiger partial charge in [-0.2, -0.15) is 10.4 Å². The third-order valence-corrected chi connectivity index (χ3v) is 16.3. The van der Waals surface area contributed by atoms with E-state index in [9.17, 15) is 0 Å². The largest absolute Gasteiger partial charge is 2.00 e. The summed E-state index contributed by atoms with van der Waals surface area (Å²) in [5, 5.41) is 9.27. The number of fused-ring (bicyclic) bond motifs is 2. The van der Waals surface area contributed by atoms with Gasteiger partial charge in [0.25, 0.3) is 0 Å². The van der Waals surface area contributed by atoms with E-state index in [-0.39, 0.29) is 26.2 Å². The van der Waals surface area contributed by atoms with E-state index in [1.165, 1.54) is 132 Å². The maximum absolute atomic E-state index is 2.70. The first-order valence-corrected chi connectivity index (χ1v) is 24.4. The van der Waals surface area contributed by atoms with Crippen LogP contribution < -0.4 is 10.4 Å². The van der Waals surface area contributed by atoms with Crippen LogP contribution in [0.1, 0.15) is 140 Å². The van der Waals surface area contributed by atoms with Crippen molar-refractivity contribution in [2.24, 2.45) is 0 Å². The van der Waals surface area contributed by atoms with E-state index in [0.717, 1.165) is 0 Å². The molecule has 0 radical (unpaired) electrons. The predicted octanol–water partition coefficient (Wildman–Crippen LogP) is 14.9. The second kappa shape index (κ2) is 19.4. The van der Waals surface area contributed by atoms with Gasteiger partial charge in [-0.15, -0.1) is 69.1 Å². The maximum Gasteiger partial charge on any atom is 2.00 e. The summed E-state index contributed by atoms with van der Waals surface area (Å²) in [5.41, 5.74) is 11.6. The summed E-state index contributed by atoms with van der Waals surface area (Å²) >= 11 is 0. The molecule has 0 heterocycles. The van der Waals surface area contributed by atoms with Gasteiger partial charge in [0, 0.05) is 8.07 Å². The van der Waals surface area contributed by atoms with Crippen molar-refractivity contribution in [3.63, 3.8) is 0 Å². The molecular weight excluding hydrogens is 744 g/mol. The summed E-state index contributed by atoms with van der Waals surface area (Å²) in [7, 11) is -2.30. The molecule has 0 saturated heterocycles. The number of hydrogen-bond donors (Lipinski definition) is 0. The van der Waals surface area contributed by atoms with Gasteiger partial charge in [-0.1, -0.05) is 178 Å². The molecule has 0 fully saturated rings. The number of aryl methyl sites for hydroxylation is 2. The molecule has 6 rings (SSSR count). The molecule has 0 saturated carbocycles. The van der Waals surface area contributed by atoms with E-state index in [4.69, 9.17) is 0 Å². The summed E-state index contributed by atoms with van der Waals surface area (Å²) in [5.74, 6) is 1.16. The average molecular weight is 810 g/mol. The maximum atomic E-state index is 2.70. The van der Waals surface area contributed by atoms with E-state index in [0.29, 0.717) is 11.8 Å². The molecular formula is C52H66SiZr. The molecule has 6 aromatic carbocycles. The quantitative estimate of drug-likeness (QED) is 0.0461. The van der Waals surface area contributed by atoms with Gasteiger partial charge in [-0.25, -0.2) is 0 Å². The predicted molar refractivity (Wildman–Crippen MR) is 240 cm³/mol. The van der Waals surface area contributed by atoms with Gasteiger partial charge in [0.05, 0.1) is 0 Å². The Hall–Kier alpha value is -2.80. The molecule has 2 heteroatoms. The van der Waals surface area contributed by atoms with Crippen LogP contribution in [0.15, 0.2) is 97.1 Å². The molecule has 0 nitrogen and oxygen atoms in total. The molecule has 0 aromatic heterocycles. The fraction of sp³-hybridized carbons (Fsp3) is 0.423. The average Bonchev–Trinajstić information content (AvgIpc) is 3.77. The Morgan fingerprint density at radius 3 is 1.24 bits per heavy atom. The summed E-state index contributed by atoms with van der Waals surface area (Å²) in [6.45, 7) is 19.3. The van der Waals surface area contributed by atoms with E-state index in [1.54, 1.807) is 21.5 Å². The Bertz CT molecular complexity index is 1920. The van der Waals surface area contributed by atoms with Crippen molar-refractivity contribution in [1.82, 2.24) is 0 Å². The zero-order valence-electron chi connectivity index (χ0n) is 34.9. The normalized spacial score (nSPS) is 13.0. The molecule has 282 valence electrons. The third kappa shape index (κ3) is 8.92. The Morgan fingerprint density at radius 1 is 0.500 bits per heavy atom. The summed E-state index contributed by atoms with van der Waals surface area (Å²) in [6, 6.07) is 38.6. The molecule has 0 bridgehead atoms. The van der Waals surface area contributed by atoms with Crippen molar-refractivity contribution >= 4 is 40.0 Å². The molecule has 2 unspecified atom stereocenters. The minimum Gasteiger partial charge on any atom is -0.158 e. The topological polar surface area (TPSA) is 0 Å². The van der Waals surface area contributed by atoms with Gasteiger partial charge in [-0.3, -0.25) is 0 Å². The van der Waals surface area contributed by atoms with Crippen molar-refractivity contribution in [3.8, 4) is 22.3 Å². The van der Waals surface area contributed by atoms with E-state index in [2.05, 4.69) is 152 Å². The van der Waals surface area contributed by atoms with Crippen LogP contribution in [0.3, 0.4) is 0 Å². The number of benzene rings is 4. The molecule has 6 aromatic rings. The molecule has 0 aliphatic rings. The fourth-order valence-electron chi connectivity index (χ4n) is 9.15. The summed E-state index contributed by atoms with van der Waals surface area (Å²) in [6.07, 6.45) is 15.0. The van der Waals surface area contributed by atoms with Crippen molar-refractivity contribution in [2.75, 3.05) is 0 Å². The Labute approximate surface area is 349 Å². The van der Waals surface area contributed by atoms with E-state index >= 15 is 0 Å². The second-order valence-electron chi connectivity index (χ2n) is 16.7. The van der Waals surface area contributed by atoms with Gasteiger partial charge >= 0.3 is 26.2 Å². The molecule has 0 N–H and O–H groups in total. The van der Waals surface area contributed by atoms with Crippen LogP contribution in [0.25, 0.3) is 43.8 Å². The summed E-state index contributed by atoms with van der Waals surface area (Å²) < 4.78 is 0. The van der Waals surface area contributed by atoms with Crippen molar-refractivity contribution in [2.45, 2.75) is 144 Å². The van der Waals surface area contributed by atoms with Crippen LogP contribution in [0.4, 0.5) is 0 Å². The Morgan fingerprint density at radius 2 is 0.889 bits per heavy atom. The first kappa shape index (κ1) is 42.3. The van der Waals surface area contributed by atoms with E-state index < -0.39 is 8.07 Å². The molecule has 0 aliphatic carbocycles. The first-order chi connectivity index (χ1) is 25.7. The Kier molecular flexibility index (Phi) is 15.2. The first-order valence-electron chi connectivity index (χ1n) is 21.4. The number of unbranched alkanes of at least 4 members (excludes halogenated alkanes) is 6. The zero-order chi connectivity index (χ0) is 37.5. The standard InChI is InChI=1S/C52H66Si.Zr/c1-9-13-15-17-21-45-35-43-23-19-25-47(41-31-27-39(28-32-41)37(5)11-3)49(43)51(45)53(7,8)52-46(22-18-16-14-10-2)36-44-24-20-26-48(50(44)52)42-33-29-40(30-34-42)38(6)12-4;/h19-20,23-38H,9-18,21-22H2,1-8H3;/q-2;+2. The van der Waals surface area contributed by atoms with Crippen LogP contribution in [-0.2, 0) is 39.0 Å².